The van der Waals surface area contributed by atoms with Gasteiger partial charge in [-0.15, -0.1) is 0 Å². The summed E-state index contributed by atoms with van der Waals surface area (Å²) in [6, 6.07) is 3.39. The van der Waals surface area contributed by atoms with E-state index >= 15 is 0 Å². The van der Waals surface area contributed by atoms with Crippen LogP contribution in [0.15, 0.2) is 18.2 Å². The Morgan fingerprint density at radius 1 is 1.32 bits per heavy atom. The molecular weight excluding hydrogens is 254 g/mol. The smallest absolute Gasteiger partial charge is 0.258 e. The molecule has 2 rings (SSSR count). The zero-order chi connectivity index (χ0) is 13.8. The second-order valence-electron chi connectivity index (χ2n) is 4.49. The third-order valence-electron chi connectivity index (χ3n) is 3.34. The van der Waals surface area contributed by atoms with Crippen LogP contribution < -0.4 is 10.1 Å². The van der Waals surface area contributed by atoms with Crippen molar-refractivity contribution in [1.82, 2.24) is 10.2 Å². The van der Waals surface area contributed by atoms with Gasteiger partial charge in [-0.2, -0.15) is 0 Å². The van der Waals surface area contributed by atoms with E-state index in [2.05, 4.69) is 5.32 Å². The predicted molar refractivity (Wildman–Crippen MR) is 67.8 cm³/mol. The zero-order valence-electron chi connectivity index (χ0n) is 10.8. The van der Waals surface area contributed by atoms with Gasteiger partial charge in [-0.05, 0) is 12.1 Å². The maximum absolute atomic E-state index is 13.3. The summed E-state index contributed by atoms with van der Waals surface area (Å²) in [6.45, 7) is 2.45. The molecule has 1 fully saturated rings. The monoisotopic (exact) mass is 272 g/mol. The van der Waals surface area contributed by atoms with Gasteiger partial charge in [-0.1, -0.05) is 0 Å². The number of alkyl halides is 2. The Labute approximate surface area is 111 Å². The van der Waals surface area contributed by atoms with Crippen LogP contribution in [0.1, 0.15) is 11.6 Å². The summed E-state index contributed by atoms with van der Waals surface area (Å²) in [5.74, 6) is 0.303. The van der Waals surface area contributed by atoms with Crippen LogP contribution in [0, 0.1) is 0 Å². The van der Waals surface area contributed by atoms with Gasteiger partial charge in [-0.3, -0.25) is 4.90 Å². The predicted octanol–water partition coefficient (Wildman–Crippen LogP) is 1.61. The largest absolute Gasteiger partial charge is 0.507 e. The van der Waals surface area contributed by atoms with Crippen LogP contribution >= 0.6 is 0 Å². The summed E-state index contributed by atoms with van der Waals surface area (Å²) in [5, 5.41) is 13.0. The van der Waals surface area contributed by atoms with E-state index in [0.29, 0.717) is 31.9 Å². The fraction of sp³-hybridized carbons (Fsp3) is 0.538. The first-order valence-corrected chi connectivity index (χ1v) is 6.23. The van der Waals surface area contributed by atoms with E-state index < -0.39 is 12.5 Å². The molecule has 0 radical (unpaired) electrons. The number of phenolic OH excluding ortho intramolecular Hbond substituents is 1. The van der Waals surface area contributed by atoms with E-state index in [1.165, 1.54) is 19.2 Å². The van der Waals surface area contributed by atoms with Crippen molar-refractivity contribution in [2.75, 3.05) is 33.3 Å². The summed E-state index contributed by atoms with van der Waals surface area (Å²) in [5.41, 5.74) is 0.248. The lowest BCUT2D eigenvalue weighted by Crippen LogP contribution is -2.46. The van der Waals surface area contributed by atoms with Gasteiger partial charge in [0, 0.05) is 37.8 Å². The second kappa shape index (κ2) is 6.16. The van der Waals surface area contributed by atoms with Crippen molar-refractivity contribution in [3.05, 3.63) is 23.8 Å². The number of aromatic hydroxyl groups is 1. The number of benzene rings is 1. The van der Waals surface area contributed by atoms with Crippen LogP contribution in [0.5, 0.6) is 11.5 Å². The Kier molecular flexibility index (Phi) is 4.55. The first-order chi connectivity index (χ1) is 9.13. The Hall–Kier alpha value is -1.40. The Bertz CT molecular complexity index is 423. The molecule has 1 aromatic carbocycles. The van der Waals surface area contributed by atoms with Crippen molar-refractivity contribution in [3.8, 4) is 11.5 Å². The molecule has 19 heavy (non-hydrogen) atoms. The van der Waals surface area contributed by atoms with Crippen LogP contribution in [0.4, 0.5) is 8.78 Å². The molecule has 0 spiro atoms. The average molecular weight is 272 g/mol. The van der Waals surface area contributed by atoms with Gasteiger partial charge >= 0.3 is 0 Å². The third-order valence-corrected chi connectivity index (χ3v) is 3.34. The second-order valence-corrected chi connectivity index (χ2v) is 4.49. The lowest BCUT2D eigenvalue weighted by molar-refractivity contribution is 0.0170. The highest BCUT2D eigenvalue weighted by Gasteiger charge is 2.32. The average Bonchev–Trinajstić information content (AvgIpc) is 2.41. The number of hydrogen-bond donors (Lipinski definition) is 2. The molecule has 1 heterocycles. The van der Waals surface area contributed by atoms with Crippen LogP contribution in [0.3, 0.4) is 0 Å². The number of rotatable bonds is 4. The molecule has 2 N–H and O–H groups in total. The molecule has 0 bridgehead atoms. The number of phenols is 1. The minimum atomic E-state index is -2.54. The van der Waals surface area contributed by atoms with Gasteiger partial charge < -0.3 is 15.2 Å². The highest BCUT2D eigenvalue weighted by Crippen LogP contribution is 2.35. The molecule has 6 heteroatoms. The van der Waals surface area contributed by atoms with Crippen LogP contribution in [0.2, 0.25) is 0 Å². The van der Waals surface area contributed by atoms with Crippen LogP contribution in [-0.4, -0.2) is 49.7 Å². The highest BCUT2D eigenvalue weighted by molar-refractivity contribution is 5.41. The summed E-state index contributed by atoms with van der Waals surface area (Å²) >= 11 is 0. The van der Waals surface area contributed by atoms with E-state index in [4.69, 9.17) is 4.74 Å². The number of methoxy groups -OCH3 is 1. The van der Waals surface area contributed by atoms with Crippen molar-refractivity contribution in [2.24, 2.45) is 0 Å². The van der Waals surface area contributed by atoms with Gasteiger partial charge in [0.05, 0.1) is 13.2 Å². The number of hydrogen-bond acceptors (Lipinski definition) is 4. The lowest BCUT2D eigenvalue weighted by atomic mass is 10.0. The molecule has 1 aromatic rings. The number of ether oxygens (including phenoxy) is 1. The molecule has 0 amide bonds. The molecule has 1 saturated heterocycles. The van der Waals surface area contributed by atoms with Crippen LogP contribution in [-0.2, 0) is 0 Å². The fourth-order valence-electron chi connectivity index (χ4n) is 2.35. The molecule has 1 aliphatic rings. The highest BCUT2D eigenvalue weighted by atomic mass is 19.3. The summed E-state index contributed by atoms with van der Waals surface area (Å²) < 4.78 is 31.6. The fourth-order valence-corrected chi connectivity index (χ4v) is 2.35. The van der Waals surface area contributed by atoms with Crippen molar-refractivity contribution in [1.29, 1.82) is 0 Å². The SMILES string of the molecule is COc1ccc([C@H](C(F)F)N2CCNCC2)c(O)c1. The number of piperazine rings is 1. The Balaban J connectivity index is 2.27. The molecule has 1 aliphatic heterocycles. The van der Waals surface area contributed by atoms with E-state index in [1.807, 2.05) is 0 Å². The standard InChI is InChI=1S/C13H18F2N2O2/c1-19-9-2-3-10(11(18)8-9)12(13(14)15)17-6-4-16-5-7-17/h2-3,8,12-13,16,18H,4-7H2,1H3/t12-/m1/s1. The van der Waals surface area contributed by atoms with Gasteiger partial charge in [0.1, 0.15) is 11.5 Å². The lowest BCUT2D eigenvalue weighted by Gasteiger charge is -2.34. The quantitative estimate of drug-likeness (QED) is 0.874. The topological polar surface area (TPSA) is 44.7 Å². The van der Waals surface area contributed by atoms with E-state index in [-0.39, 0.29) is 11.3 Å². The summed E-state index contributed by atoms with van der Waals surface area (Å²) in [4.78, 5) is 1.70. The first kappa shape index (κ1) is 14.0. The minimum absolute atomic E-state index is 0.150. The van der Waals surface area contributed by atoms with Gasteiger partial charge in [0.25, 0.3) is 6.43 Å². The number of nitrogens with one attached hydrogen (secondary N) is 1. The maximum Gasteiger partial charge on any atom is 0.258 e. The van der Waals surface area contributed by atoms with Gasteiger partial charge in [0.2, 0.25) is 0 Å². The zero-order valence-corrected chi connectivity index (χ0v) is 10.8. The number of nitrogens with zero attached hydrogens (tertiary/aromatic N) is 1. The normalized spacial score (nSPS) is 18.5. The van der Waals surface area contributed by atoms with Crippen molar-refractivity contribution in [3.63, 3.8) is 0 Å². The van der Waals surface area contributed by atoms with Crippen molar-refractivity contribution in [2.45, 2.75) is 12.5 Å². The maximum atomic E-state index is 13.3. The number of halogens is 2. The molecule has 106 valence electrons. The molecular formula is C13H18F2N2O2. The summed E-state index contributed by atoms with van der Waals surface area (Å²) in [7, 11) is 1.47. The van der Waals surface area contributed by atoms with Crippen LogP contribution in [0.25, 0.3) is 0 Å². The van der Waals surface area contributed by atoms with E-state index in [0.717, 1.165) is 0 Å². The first-order valence-electron chi connectivity index (χ1n) is 6.23. The molecule has 0 aliphatic carbocycles. The van der Waals surface area contributed by atoms with Gasteiger partial charge in [-0.25, -0.2) is 8.78 Å². The Morgan fingerprint density at radius 2 is 2.00 bits per heavy atom. The van der Waals surface area contributed by atoms with Crippen molar-refractivity contribution >= 4 is 0 Å². The van der Waals surface area contributed by atoms with E-state index in [1.54, 1.807) is 11.0 Å². The summed E-state index contributed by atoms with van der Waals surface area (Å²) in [6.07, 6.45) is -2.54. The molecule has 1 atom stereocenters. The van der Waals surface area contributed by atoms with Crippen molar-refractivity contribution < 1.29 is 18.6 Å². The molecule has 4 nitrogen and oxygen atoms in total. The Morgan fingerprint density at radius 3 is 2.53 bits per heavy atom. The molecule has 0 aromatic heterocycles. The third kappa shape index (κ3) is 3.13. The molecule has 0 saturated carbocycles. The van der Waals surface area contributed by atoms with E-state index in [9.17, 15) is 13.9 Å². The molecule has 0 unspecified atom stereocenters. The van der Waals surface area contributed by atoms with Gasteiger partial charge in [0.15, 0.2) is 0 Å². The minimum Gasteiger partial charge on any atom is -0.507 e.